The van der Waals surface area contributed by atoms with E-state index < -0.39 is 6.10 Å². The van der Waals surface area contributed by atoms with Crippen LogP contribution in [-0.2, 0) is 16.0 Å². The van der Waals surface area contributed by atoms with Crippen molar-refractivity contribution in [3.8, 4) is 0 Å². The molecule has 0 radical (unpaired) electrons. The summed E-state index contributed by atoms with van der Waals surface area (Å²) in [5, 5.41) is 13.5. The highest BCUT2D eigenvalue weighted by molar-refractivity contribution is 9.10. The zero-order valence-corrected chi connectivity index (χ0v) is 13.5. The molecule has 0 bridgehead atoms. The summed E-state index contributed by atoms with van der Waals surface area (Å²) in [6, 6.07) is 6.32. The van der Waals surface area contributed by atoms with E-state index in [1.54, 1.807) is 7.11 Å². The minimum Gasteiger partial charge on any atom is -0.390 e. The third-order valence-electron chi connectivity index (χ3n) is 3.71. The summed E-state index contributed by atoms with van der Waals surface area (Å²) in [5.41, 5.74) is 2.45. The van der Waals surface area contributed by atoms with Crippen molar-refractivity contribution < 1.29 is 14.6 Å². The summed E-state index contributed by atoms with van der Waals surface area (Å²) in [4.78, 5) is 0. The maximum absolute atomic E-state index is 10.2. The first-order valence-electron chi connectivity index (χ1n) is 6.86. The van der Waals surface area contributed by atoms with Gasteiger partial charge in [0, 0.05) is 30.6 Å². The zero-order valence-electron chi connectivity index (χ0n) is 11.9. The number of ether oxygens (including phenoxy) is 2. The van der Waals surface area contributed by atoms with Gasteiger partial charge < -0.3 is 19.9 Å². The smallest absolute Gasteiger partial charge is 0.107 e. The van der Waals surface area contributed by atoms with Crippen LogP contribution < -0.4 is 5.32 Å². The normalized spacial score (nSPS) is 26.7. The fourth-order valence-corrected chi connectivity index (χ4v) is 3.04. The molecule has 1 aliphatic heterocycles. The molecule has 0 aliphatic carbocycles. The molecule has 0 unspecified atom stereocenters. The quantitative estimate of drug-likeness (QED) is 0.856. The molecular formula is C15H22BrNO3. The third kappa shape index (κ3) is 4.02. The predicted molar refractivity (Wildman–Crippen MR) is 81.7 cm³/mol. The Morgan fingerprint density at radius 2 is 2.25 bits per heavy atom. The molecule has 1 fully saturated rings. The fourth-order valence-electron chi connectivity index (χ4n) is 2.41. The van der Waals surface area contributed by atoms with E-state index in [1.807, 2.05) is 0 Å². The van der Waals surface area contributed by atoms with Crippen molar-refractivity contribution in [2.75, 3.05) is 26.9 Å². The van der Waals surface area contributed by atoms with Crippen LogP contribution in [0.4, 0.5) is 0 Å². The second kappa shape index (κ2) is 7.52. The van der Waals surface area contributed by atoms with Crippen LogP contribution >= 0.6 is 15.9 Å². The van der Waals surface area contributed by atoms with Gasteiger partial charge in [0.05, 0.1) is 19.3 Å². The molecule has 4 nitrogen and oxygen atoms in total. The average molecular weight is 344 g/mol. The van der Waals surface area contributed by atoms with E-state index in [-0.39, 0.29) is 12.0 Å². The minimum absolute atomic E-state index is 0.0675. The third-order valence-corrected chi connectivity index (χ3v) is 4.45. The van der Waals surface area contributed by atoms with Gasteiger partial charge in [0.15, 0.2) is 0 Å². The number of rotatable bonds is 5. The summed E-state index contributed by atoms with van der Waals surface area (Å²) in [7, 11) is 1.61. The van der Waals surface area contributed by atoms with Gasteiger partial charge in [-0.1, -0.05) is 28.1 Å². The summed E-state index contributed by atoms with van der Waals surface area (Å²) in [6.45, 7) is 4.59. The maximum Gasteiger partial charge on any atom is 0.107 e. The lowest BCUT2D eigenvalue weighted by atomic mass is 9.96. The second-order valence-electron chi connectivity index (χ2n) is 5.29. The van der Waals surface area contributed by atoms with E-state index in [1.165, 1.54) is 11.1 Å². The van der Waals surface area contributed by atoms with Crippen LogP contribution in [0.3, 0.4) is 0 Å². The summed E-state index contributed by atoms with van der Waals surface area (Å²) < 4.78 is 11.8. The standard InChI is InChI=1S/C15H22BrNO3/c1-10-3-4-11(13(16)5-10)6-17-7-12-8-20-9-14(19-2)15(12)18/h3-5,12,14-15,17-18H,6-9H2,1-2H3/t12-,14-,15+/m1/s1. The lowest BCUT2D eigenvalue weighted by Crippen LogP contribution is -2.48. The van der Waals surface area contributed by atoms with Crippen molar-refractivity contribution in [2.24, 2.45) is 5.92 Å². The predicted octanol–water partition coefficient (Wildman–Crippen LogP) is 1.87. The Kier molecular flexibility index (Phi) is 5.99. The van der Waals surface area contributed by atoms with Gasteiger partial charge in [-0.2, -0.15) is 0 Å². The van der Waals surface area contributed by atoms with Gasteiger partial charge in [-0.25, -0.2) is 0 Å². The molecule has 3 atom stereocenters. The Balaban J connectivity index is 1.83. The van der Waals surface area contributed by atoms with Gasteiger partial charge in [0.1, 0.15) is 6.10 Å². The number of aliphatic hydroxyl groups excluding tert-OH is 1. The lowest BCUT2D eigenvalue weighted by molar-refractivity contribution is -0.133. The molecular weight excluding hydrogens is 322 g/mol. The zero-order chi connectivity index (χ0) is 14.5. The minimum atomic E-state index is -0.470. The first-order valence-corrected chi connectivity index (χ1v) is 7.65. The molecule has 1 aromatic carbocycles. The maximum atomic E-state index is 10.2. The lowest BCUT2D eigenvalue weighted by Gasteiger charge is -2.34. The highest BCUT2D eigenvalue weighted by Crippen LogP contribution is 2.19. The molecule has 1 saturated heterocycles. The van der Waals surface area contributed by atoms with Crippen LogP contribution in [0.15, 0.2) is 22.7 Å². The van der Waals surface area contributed by atoms with E-state index >= 15 is 0 Å². The SMILES string of the molecule is CO[C@@H]1COC[C@@H](CNCc2ccc(C)cc2Br)[C@@H]1O. The van der Waals surface area contributed by atoms with Crippen LogP contribution in [0.25, 0.3) is 0 Å². The molecule has 1 heterocycles. The molecule has 2 N–H and O–H groups in total. The molecule has 0 aromatic heterocycles. The van der Waals surface area contributed by atoms with Gasteiger partial charge in [-0.05, 0) is 24.1 Å². The van der Waals surface area contributed by atoms with Gasteiger partial charge in [0.25, 0.3) is 0 Å². The van der Waals surface area contributed by atoms with Crippen LogP contribution in [-0.4, -0.2) is 44.2 Å². The number of hydrogen-bond donors (Lipinski definition) is 2. The molecule has 2 rings (SSSR count). The van der Waals surface area contributed by atoms with Gasteiger partial charge in [0.2, 0.25) is 0 Å². The van der Waals surface area contributed by atoms with Crippen LogP contribution in [0, 0.1) is 12.8 Å². The molecule has 112 valence electrons. The molecule has 0 spiro atoms. The average Bonchev–Trinajstić information content (AvgIpc) is 2.43. The molecule has 0 amide bonds. The highest BCUT2D eigenvalue weighted by atomic mass is 79.9. The first-order chi connectivity index (χ1) is 9.61. The monoisotopic (exact) mass is 343 g/mol. The summed E-state index contributed by atoms with van der Waals surface area (Å²) in [5.74, 6) is 0.0675. The van der Waals surface area contributed by atoms with E-state index in [0.717, 1.165) is 11.0 Å². The first kappa shape index (κ1) is 15.9. The summed E-state index contributed by atoms with van der Waals surface area (Å²) >= 11 is 3.57. The number of benzene rings is 1. The highest BCUT2D eigenvalue weighted by Gasteiger charge is 2.32. The van der Waals surface area contributed by atoms with Crippen molar-refractivity contribution >= 4 is 15.9 Å². The van der Waals surface area contributed by atoms with Crippen LogP contribution in [0.1, 0.15) is 11.1 Å². The molecule has 1 aromatic rings. The molecule has 0 saturated carbocycles. The molecule has 20 heavy (non-hydrogen) atoms. The second-order valence-corrected chi connectivity index (χ2v) is 6.14. The molecule has 5 heteroatoms. The van der Waals surface area contributed by atoms with Crippen molar-refractivity contribution in [1.29, 1.82) is 0 Å². The van der Waals surface area contributed by atoms with Crippen LogP contribution in [0.5, 0.6) is 0 Å². The van der Waals surface area contributed by atoms with Crippen molar-refractivity contribution in [2.45, 2.75) is 25.7 Å². The van der Waals surface area contributed by atoms with E-state index in [0.29, 0.717) is 19.8 Å². The van der Waals surface area contributed by atoms with Crippen molar-refractivity contribution in [1.82, 2.24) is 5.32 Å². The number of nitrogens with one attached hydrogen (secondary N) is 1. The van der Waals surface area contributed by atoms with E-state index in [2.05, 4.69) is 46.4 Å². The Morgan fingerprint density at radius 3 is 2.95 bits per heavy atom. The van der Waals surface area contributed by atoms with E-state index in [4.69, 9.17) is 9.47 Å². The Morgan fingerprint density at radius 1 is 1.45 bits per heavy atom. The number of aryl methyl sites for hydroxylation is 1. The van der Waals surface area contributed by atoms with Gasteiger partial charge >= 0.3 is 0 Å². The fraction of sp³-hybridized carbons (Fsp3) is 0.600. The summed E-state index contributed by atoms with van der Waals surface area (Å²) in [6.07, 6.45) is -0.690. The Labute approximate surface area is 128 Å². The Hall–Kier alpha value is -0.460. The van der Waals surface area contributed by atoms with Gasteiger partial charge in [-0.15, -0.1) is 0 Å². The number of aliphatic hydroxyl groups is 1. The van der Waals surface area contributed by atoms with E-state index in [9.17, 15) is 5.11 Å². The van der Waals surface area contributed by atoms with Gasteiger partial charge in [-0.3, -0.25) is 0 Å². The largest absolute Gasteiger partial charge is 0.390 e. The number of methoxy groups -OCH3 is 1. The van der Waals surface area contributed by atoms with Crippen molar-refractivity contribution in [3.05, 3.63) is 33.8 Å². The number of hydrogen-bond acceptors (Lipinski definition) is 4. The molecule has 1 aliphatic rings. The Bertz CT molecular complexity index is 441. The number of halogens is 1. The topological polar surface area (TPSA) is 50.7 Å². The van der Waals surface area contributed by atoms with Crippen LogP contribution in [0.2, 0.25) is 0 Å². The van der Waals surface area contributed by atoms with Crippen molar-refractivity contribution in [3.63, 3.8) is 0 Å².